The second-order valence-corrected chi connectivity index (χ2v) is 0.909. The number of hydrogen-bond acceptors (Lipinski definition) is 4. The minimum atomic E-state index is 0.698. The molecule has 0 N–H and O–H groups in total. The van der Waals surface area contributed by atoms with Gasteiger partial charge in [-0.15, -0.1) is 0 Å². The van der Waals surface area contributed by atoms with Crippen LogP contribution in [-0.4, -0.2) is 13.1 Å². The molecule has 0 saturated carbocycles. The molecule has 6 heavy (non-hydrogen) atoms. The van der Waals surface area contributed by atoms with Crippen molar-refractivity contribution in [1.82, 2.24) is 0 Å². The molecule has 1 rings (SSSR count). The zero-order chi connectivity index (χ0) is 4.24. The van der Waals surface area contributed by atoms with Crippen LogP contribution in [0.15, 0.2) is 20.7 Å². The smallest absolute Gasteiger partial charge is 0.0836 e. The van der Waals surface area contributed by atoms with Gasteiger partial charge in [0.2, 0.25) is 0 Å². The molecule has 0 spiro atoms. The first kappa shape index (κ1) is 3.39. The molecule has 0 fully saturated rings. The summed E-state index contributed by atoms with van der Waals surface area (Å²) >= 11 is 0. The summed E-state index contributed by atoms with van der Waals surface area (Å²) in [4.78, 5) is 0. The van der Waals surface area contributed by atoms with Crippen LogP contribution >= 0.6 is 0 Å². The molecule has 1 heterocycles. The van der Waals surface area contributed by atoms with E-state index in [2.05, 4.69) is 20.7 Å². The molecule has 0 atom stereocenters. The molecule has 0 aromatic heterocycles. The monoisotopic (exact) mass is 84.0 g/mol. The third-order valence-corrected chi connectivity index (χ3v) is 0.466. The number of rotatable bonds is 0. The Labute approximate surface area is 35.0 Å². The molecule has 4 nitrogen and oxygen atoms in total. The van der Waals surface area contributed by atoms with Crippen LogP contribution in [0.5, 0.6) is 0 Å². The topological polar surface area (TPSA) is 49.4 Å². The van der Waals surface area contributed by atoms with Crippen LogP contribution in [0.1, 0.15) is 0 Å². The van der Waals surface area contributed by atoms with Crippen molar-refractivity contribution in [3.63, 3.8) is 0 Å². The SMILES string of the molecule is C1CN=NN=N1. The third kappa shape index (κ3) is 0.573. The lowest BCUT2D eigenvalue weighted by Crippen LogP contribution is -1.85. The summed E-state index contributed by atoms with van der Waals surface area (Å²) in [6, 6.07) is 0. The van der Waals surface area contributed by atoms with E-state index in [4.69, 9.17) is 0 Å². The third-order valence-electron chi connectivity index (χ3n) is 0.466. The van der Waals surface area contributed by atoms with E-state index >= 15 is 0 Å². The van der Waals surface area contributed by atoms with Crippen molar-refractivity contribution < 1.29 is 0 Å². The van der Waals surface area contributed by atoms with Crippen molar-refractivity contribution in [2.24, 2.45) is 20.7 Å². The fraction of sp³-hybridized carbons (Fsp3) is 1.00. The predicted octanol–water partition coefficient (Wildman–Crippen LogP) is 0.819. The Hall–Kier alpha value is -0.800. The van der Waals surface area contributed by atoms with Gasteiger partial charge in [0.1, 0.15) is 0 Å². The van der Waals surface area contributed by atoms with Crippen LogP contribution in [0.25, 0.3) is 0 Å². The Bertz CT molecular complexity index is 71.5. The molecule has 1 aliphatic rings. The second-order valence-electron chi connectivity index (χ2n) is 0.909. The highest BCUT2D eigenvalue weighted by Gasteiger charge is 1.81. The van der Waals surface area contributed by atoms with Crippen LogP contribution in [0, 0.1) is 0 Å². The lowest BCUT2D eigenvalue weighted by molar-refractivity contribution is 0.732. The van der Waals surface area contributed by atoms with Crippen molar-refractivity contribution in [3.05, 3.63) is 0 Å². The molecule has 0 unspecified atom stereocenters. The molecule has 4 heteroatoms. The van der Waals surface area contributed by atoms with Crippen molar-refractivity contribution >= 4 is 0 Å². The quantitative estimate of drug-likeness (QED) is 0.417. The van der Waals surface area contributed by atoms with Gasteiger partial charge in [0, 0.05) is 0 Å². The van der Waals surface area contributed by atoms with E-state index < -0.39 is 0 Å². The van der Waals surface area contributed by atoms with Gasteiger partial charge < -0.3 is 0 Å². The maximum absolute atomic E-state index is 3.54. The summed E-state index contributed by atoms with van der Waals surface area (Å²) in [5.74, 6) is 0. The van der Waals surface area contributed by atoms with E-state index in [0.717, 1.165) is 0 Å². The summed E-state index contributed by atoms with van der Waals surface area (Å²) in [5, 5.41) is 13.6. The Morgan fingerprint density at radius 3 is 1.50 bits per heavy atom. The van der Waals surface area contributed by atoms with Crippen molar-refractivity contribution in [3.8, 4) is 0 Å². The van der Waals surface area contributed by atoms with Crippen molar-refractivity contribution in [2.45, 2.75) is 0 Å². The highest BCUT2D eigenvalue weighted by molar-refractivity contribution is 4.43. The molecule has 0 aliphatic carbocycles. The maximum Gasteiger partial charge on any atom is 0.0836 e. The Balaban J connectivity index is 2.46. The minimum Gasteiger partial charge on any atom is -0.165 e. The van der Waals surface area contributed by atoms with Crippen LogP contribution < -0.4 is 0 Å². The van der Waals surface area contributed by atoms with Crippen molar-refractivity contribution in [2.75, 3.05) is 13.1 Å². The van der Waals surface area contributed by atoms with E-state index in [0.29, 0.717) is 13.1 Å². The van der Waals surface area contributed by atoms with Gasteiger partial charge >= 0.3 is 0 Å². The van der Waals surface area contributed by atoms with Gasteiger partial charge in [-0.3, -0.25) is 0 Å². The Kier molecular flexibility index (Phi) is 0.899. The second kappa shape index (κ2) is 1.59. The summed E-state index contributed by atoms with van der Waals surface area (Å²) < 4.78 is 0. The molecular weight excluding hydrogens is 80.0 g/mol. The maximum atomic E-state index is 3.54. The van der Waals surface area contributed by atoms with Crippen LogP contribution in [0.2, 0.25) is 0 Å². The number of hydrogen-bond donors (Lipinski definition) is 0. The summed E-state index contributed by atoms with van der Waals surface area (Å²) in [7, 11) is 0. The van der Waals surface area contributed by atoms with E-state index in [-0.39, 0.29) is 0 Å². The van der Waals surface area contributed by atoms with Crippen LogP contribution in [-0.2, 0) is 0 Å². The predicted molar refractivity (Wildman–Crippen MR) is 19.4 cm³/mol. The minimum absolute atomic E-state index is 0.698. The van der Waals surface area contributed by atoms with Gasteiger partial charge in [-0.2, -0.15) is 10.2 Å². The summed E-state index contributed by atoms with van der Waals surface area (Å²) in [5.41, 5.74) is 0. The highest BCUT2D eigenvalue weighted by Crippen LogP contribution is 1.86. The van der Waals surface area contributed by atoms with E-state index in [1.165, 1.54) is 0 Å². The fourth-order valence-electron chi connectivity index (χ4n) is 0.235. The molecule has 0 radical (unpaired) electrons. The highest BCUT2D eigenvalue weighted by atomic mass is 15.5. The molecule has 0 amide bonds. The lowest BCUT2D eigenvalue weighted by Gasteiger charge is -1.85. The molecular formula is C2H4N4. The Morgan fingerprint density at radius 2 is 1.33 bits per heavy atom. The normalized spacial score (nSPS) is 18.7. The van der Waals surface area contributed by atoms with Gasteiger partial charge in [-0.25, -0.2) is 0 Å². The van der Waals surface area contributed by atoms with Crippen molar-refractivity contribution in [1.29, 1.82) is 0 Å². The zero-order valence-electron chi connectivity index (χ0n) is 3.20. The van der Waals surface area contributed by atoms with Gasteiger partial charge in [-0.05, 0) is 10.4 Å². The summed E-state index contributed by atoms with van der Waals surface area (Å²) in [6.45, 7) is 1.40. The zero-order valence-corrected chi connectivity index (χ0v) is 3.20. The molecule has 0 aromatic carbocycles. The molecule has 0 bridgehead atoms. The first-order valence-corrected chi connectivity index (χ1v) is 1.73. The average molecular weight is 84.1 g/mol. The van der Waals surface area contributed by atoms with Gasteiger partial charge in [0.15, 0.2) is 0 Å². The Morgan fingerprint density at radius 1 is 0.833 bits per heavy atom. The van der Waals surface area contributed by atoms with Gasteiger partial charge in [0.05, 0.1) is 13.1 Å². The molecule has 1 aliphatic heterocycles. The lowest BCUT2D eigenvalue weighted by atomic mass is 10.7. The van der Waals surface area contributed by atoms with Gasteiger partial charge in [-0.1, -0.05) is 0 Å². The first-order valence-electron chi connectivity index (χ1n) is 1.73. The molecule has 0 aromatic rings. The van der Waals surface area contributed by atoms with E-state index in [9.17, 15) is 0 Å². The first-order chi connectivity index (χ1) is 3.00. The largest absolute Gasteiger partial charge is 0.165 e. The molecule has 0 saturated heterocycles. The van der Waals surface area contributed by atoms with E-state index in [1.54, 1.807) is 0 Å². The number of nitrogens with zero attached hydrogens (tertiary/aromatic N) is 4. The average Bonchev–Trinajstić information content (AvgIpc) is 1.72. The standard InChI is InChI=1S/C2H4N4/c1-2-4-6-5-3-1/h1-2H2. The van der Waals surface area contributed by atoms with Crippen LogP contribution in [0.3, 0.4) is 0 Å². The van der Waals surface area contributed by atoms with Crippen LogP contribution in [0.4, 0.5) is 0 Å². The summed E-state index contributed by atoms with van der Waals surface area (Å²) in [6.07, 6.45) is 0. The fourth-order valence-corrected chi connectivity index (χ4v) is 0.235. The van der Waals surface area contributed by atoms with Gasteiger partial charge in [0.25, 0.3) is 0 Å². The van der Waals surface area contributed by atoms with E-state index in [1.807, 2.05) is 0 Å². The molecule has 32 valence electrons.